The molecule has 1 fully saturated rings. The van der Waals surface area contributed by atoms with E-state index in [1.54, 1.807) is 0 Å². The van der Waals surface area contributed by atoms with Crippen molar-refractivity contribution in [2.75, 3.05) is 26.2 Å². The lowest BCUT2D eigenvalue weighted by Crippen LogP contribution is -2.37. The van der Waals surface area contributed by atoms with Crippen LogP contribution in [0, 0.1) is 0 Å². The minimum Gasteiger partial charge on any atom is -0.451 e. The van der Waals surface area contributed by atoms with Crippen LogP contribution in [0.25, 0.3) is 11.3 Å². The van der Waals surface area contributed by atoms with E-state index in [1.165, 1.54) is 43.5 Å². The predicted molar refractivity (Wildman–Crippen MR) is 91.8 cm³/mol. The summed E-state index contributed by atoms with van der Waals surface area (Å²) in [6, 6.07) is 7.84. The second kappa shape index (κ2) is 7.95. The molecule has 140 valence electrons. The van der Waals surface area contributed by atoms with Crippen LogP contribution in [0.3, 0.4) is 0 Å². The number of carbonyl (C=O) groups excluding carboxylic acids is 1. The summed E-state index contributed by atoms with van der Waals surface area (Å²) >= 11 is 0. The fourth-order valence-electron chi connectivity index (χ4n) is 3.06. The SMILES string of the molecule is O=C(NCCN1CCCCC1)c1ccc(-c2cccc(C(F)(F)F)c2)o1. The molecular weight excluding hydrogens is 345 g/mol. The van der Waals surface area contributed by atoms with Gasteiger partial charge in [-0.1, -0.05) is 18.6 Å². The molecule has 2 heterocycles. The predicted octanol–water partition coefficient (Wildman–Crippen LogP) is 4.18. The van der Waals surface area contributed by atoms with Gasteiger partial charge in [0, 0.05) is 18.7 Å². The quantitative estimate of drug-likeness (QED) is 0.863. The summed E-state index contributed by atoms with van der Waals surface area (Å²) in [4.78, 5) is 14.5. The molecule has 1 aromatic heterocycles. The van der Waals surface area contributed by atoms with E-state index in [4.69, 9.17) is 4.42 Å². The standard InChI is InChI=1S/C19H21F3N2O2/c20-19(21,22)15-6-4-5-14(13-15)16-7-8-17(26-16)18(25)23-9-12-24-10-2-1-3-11-24/h4-8,13H,1-3,9-12H2,(H,23,25). The van der Waals surface area contributed by atoms with E-state index in [1.807, 2.05) is 0 Å². The van der Waals surface area contributed by atoms with Crippen molar-refractivity contribution in [1.29, 1.82) is 0 Å². The first-order valence-electron chi connectivity index (χ1n) is 8.71. The first-order valence-corrected chi connectivity index (χ1v) is 8.71. The Bertz CT molecular complexity index is 749. The van der Waals surface area contributed by atoms with Gasteiger partial charge in [0.1, 0.15) is 5.76 Å². The number of alkyl halides is 3. The molecule has 0 radical (unpaired) electrons. The molecular formula is C19H21F3N2O2. The van der Waals surface area contributed by atoms with Gasteiger partial charge in [0.05, 0.1) is 5.56 Å². The third-order valence-electron chi connectivity index (χ3n) is 4.47. The fraction of sp³-hybridized carbons (Fsp3) is 0.421. The number of carbonyl (C=O) groups is 1. The van der Waals surface area contributed by atoms with Crippen molar-refractivity contribution >= 4 is 5.91 Å². The highest BCUT2D eigenvalue weighted by Gasteiger charge is 2.30. The topological polar surface area (TPSA) is 45.5 Å². The van der Waals surface area contributed by atoms with Gasteiger partial charge in [0.15, 0.2) is 5.76 Å². The first kappa shape index (κ1) is 18.5. The summed E-state index contributed by atoms with van der Waals surface area (Å²) < 4.78 is 43.9. The summed E-state index contributed by atoms with van der Waals surface area (Å²) in [6.45, 7) is 3.40. The number of nitrogens with zero attached hydrogens (tertiary/aromatic N) is 1. The Morgan fingerprint density at radius 2 is 1.88 bits per heavy atom. The van der Waals surface area contributed by atoms with Crippen molar-refractivity contribution in [1.82, 2.24) is 10.2 Å². The zero-order valence-electron chi connectivity index (χ0n) is 14.3. The average Bonchev–Trinajstić information content (AvgIpc) is 3.12. The van der Waals surface area contributed by atoms with E-state index in [9.17, 15) is 18.0 Å². The van der Waals surface area contributed by atoms with E-state index >= 15 is 0 Å². The monoisotopic (exact) mass is 366 g/mol. The zero-order valence-corrected chi connectivity index (χ0v) is 14.3. The molecule has 0 saturated carbocycles. The number of furan rings is 1. The van der Waals surface area contributed by atoms with Crippen LogP contribution < -0.4 is 5.32 Å². The van der Waals surface area contributed by atoms with Crippen LogP contribution in [0.2, 0.25) is 0 Å². The van der Waals surface area contributed by atoms with Gasteiger partial charge in [-0.2, -0.15) is 13.2 Å². The number of amides is 1. The molecule has 1 aliphatic rings. The number of benzene rings is 1. The van der Waals surface area contributed by atoms with Crippen LogP contribution in [0.1, 0.15) is 35.4 Å². The van der Waals surface area contributed by atoms with Crippen LogP contribution in [-0.2, 0) is 6.18 Å². The zero-order chi connectivity index (χ0) is 18.6. The van der Waals surface area contributed by atoms with Crippen LogP contribution >= 0.6 is 0 Å². The number of hydrogen-bond donors (Lipinski definition) is 1. The second-order valence-corrected chi connectivity index (χ2v) is 6.40. The molecule has 1 saturated heterocycles. The summed E-state index contributed by atoms with van der Waals surface area (Å²) in [5.41, 5.74) is -0.467. The largest absolute Gasteiger partial charge is 0.451 e. The Balaban J connectivity index is 1.59. The smallest absolute Gasteiger partial charge is 0.416 e. The maximum atomic E-state index is 12.8. The molecule has 2 aromatic rings. The van der Waals surface area contributed by atoms with E-state index in [2.05, 4.69) is 10.2 Å². The highest BCUT2D eigenvalue weighted by atomic mass is 19.4. The third-order valence-corrected chi connectivity index (χ3v) is 4.47. The van der Waals surface area contributed by atoms with E-state index < -0.39 is 11.7 Å². The number of piperidine rings is 1. The lowest BCUT2D eigenvalue weighted by molar-refractivity contribution is -0.137. The van der Waals surface area contributed by atoms with Gasteiger partial charge in [-0.15, -0.1) is 0 Å². The van der Waals surface area contributed by atoms with Crippen molar-refractivity contribution in [3.8, 4) is 11.3 Å². The van der Waals surface area contributed by atoms with Gasteiger partial charge in [-0.05, 0) is 50.2 Å². The maximum Gasteiger partial charge on any atom is 0.416 e. The van der Waals surface area contributed by atoms with Crippen molar-refractivity contribution in [2.24, 2.45) is 0 Å². The lowest BCUT2D eigenvalue weighted by atomic mass is 10.1. The van der Waals surface area contributed by atoms with Crippen LogP contribution in [0.15, 0.2) is 40.8 Å². The van der Waals surface area contributed by atoms with E-state index in [-0.39, 0.29) is 23.0 Å². The number of rotatable bonds is 5. The van der Waals surface area contributed by atoms with Gasteiger partial charge in [0.2, 0.25) is 0 Å². The van der Waals surface area contributed by atoms with Crippen molar-refractivity contribution in [3.63, 3.8) is 0 Å². The molecule has 0 unspecified atom stereocenters. The second-order valence-electron chi connectivity index (χ2n) is 6.40. The third kappa shape index (κ3) is 4.66. The maximum absolute atomic E-state index is 12.8. The Hall–Kier alpha value is -2.28. The molecule has 0 aliphatic carbocycles. The number of nitrogens with one attached hydrogen (secondary N) is 1. The normalized spacial score (nSPS) is 15.8. The Labute approximate surface area is 150 Å². The molecule has 0 bridgehead atoms. The summed E-state index contributed by atoms with van der Waals surface area (Å²) in [7, 11) is 0. The molecule has 1 aromatic carbocycles. The number of likely N-dealkylation sites (tertiary alicyclic amines) is 1. The van der Waals surface area contributed by atoms with E-state index in [0.29, 0.717) is 6.54 Å². The molecule has 7 heteroatoms. The molecule has 0 spiro atoms. The van der Waals surface area contributed by atoms with Crippen LogP contribution in [0.4, 0.5) is 13.2 Å². The van der Waals surface area contributed by atoms with Gasteiger partial charge in [-0.3, -0.25) is 4.79 Å². The van der Waals surface area contributed by atoms with Gasteiger partial charge >= 0.3 is 6.18 Å². The minimum absolute atomic E-state index is 0.0936. The minimum atomic E-state index is -4.42. The number of halogens is 3. The Kier molecular flexibility index (Phi) is 5.66. The summed E-state index contributed by atoms with van der Waals surface area (Å²) in [5.74, 6) is -0.0337. The molecule has 3 rings (SSSR count). The van der Waals surface area contributed by atoms with Crippen LogP contribution in [-0.4, -0.2) is 37.0 Å². The molecule has 4 nitrogen and oxygen atoms in total. The van der Waals surface area contributed by atoms with Crippen molar-refractivity contribution in [3.05, 3.63) is 47.7 Å². The molecule has 26 heavy (non-hydrogen) atoms. The molecule has 1 aliphatic heterocycles. The summed E-state index contributed by atoms with van der Waals surface area (Å²) in [6.07, 6.45) is -0.788. The van der Waals surface area contributed by atoms with Crippen molar-refractivity contribution < 1.29 is 22.4 Å². The highest BCUT2D eigenvalue weighted by Crippen LogP contribution is 2.32. The number of hydrogen-bond acceptors (Lipinski definition) is 3. The fourth-order valence-corrected chi connectivity index (χ4v) is 3.06. The van der Waals surface area contributed by atoms with Crippen LogP contribution in [0.5, 0.6) is 0 Å². The molecule has 1 amide bonds. The van der Waals surface area contributed by atoms with Gasteiger partial charge < -0.3 is 14.6 Å². The molecule has 0 atom stereocenters. The first-order chi connectivity index (χ1) is 12.4. The van der Waals surface area contributed by atoms with Gasteiger partial charge in [-0.25, -0.2) is 0 Å². The summed E-state index contributed by atoms with van der Waals surface area (Å²) in [5, 5.41) is 2.79. The van der Waals surface area contributed by atoms with Crippen molar-refractivity contribution in [2.45, 2.75) is 25.4 Å². The molecule has 1 N–H and O–H groups in total. The van der Waals surface area contributed by atoms with E-state index in [0.717, 1.165) is 31.8 Å². The Morgan fingerprint density at radius 1 is 1.12 bits per heavy atom. The Morgan fingerprint density at radius 3 is 2.62 bits per heavy atom. The lowest BCUT2D eigenvalue weighted by Gasteiger charge is -2.26. The average molecular weight is 366 g/mol. The highest BCUT2D eigenvalue weighted by molar-refractivity contribution is 5.92. The van der Waals surface area contributed by atoms with Gasteiger partial charge in [0.25, 0.3) is 5.91 Å².